The van der Waals surface area contributed by atoms with Gasteiger partial charge in [0.2, 0.25) is 0 Å². The summed E-state index contributed by atoms with van der Waals surface area (Å²) in [6, 6.07) is 18.7. The van der Waals surface area contributed by atoms with Crippen LogP contribution >= 0.6 is 11.8 Å². The molecule has 0 aliphatic rings. The van der Waals surface area contributed by atoms with E-state index in [1.165, 1.54) is 11.1 Å². The van der Waals surface area contributed by atoms with Gasteiger partial charge in [0.05, 0.1) is 7.11 Å². The van der Waals surface area contributed by atoms with Gasteiger partial charge in [0.15, 0.2) is 0 Å². The predicted molar refractivity (Wildman–Crippen MR) is 83.7 cm³/mol. The van der Waals surface area contributed by atoms with Crippen LogP contribution in [0.4, 0.5) is 0 Å². The van der Waals surface area contributed by atoms with Crippen LogP contribution in [0.5, 0.6) is 5.75 Å². The van der Waals surface area contributed by atoms with Crippen LogP contribution in [0.1, 0.15) is 16.4 Å². The maximum atomic E-state index is 5.16. The Kier molecular flexibility index (Phi) is 5.10. The molecule has 1 nitrogen and oxygen atoms in total. The second-order valence-electron chi connectivity index (χ2n) is 4.23. The summed E-state index contributed by atoms with van der Waals surface area (Å²) in [5, 5.41) is 0.336. The molecular weight excluding hydrogens is 252 g/mol. The van der Waals surface area contributed by atoms with Crippen molar-refractivity contribution in [2.45, 2.75) is 11.0 Å². The van der Waals surface area contributed by atoms with E-state index in [9.17, 15) is 0 Å². The zero-order valence-electron chi connectivity index (χ0n) is 11.1. The lowest BCUT2D eigenvalue weighted by atomic mass is 10.1. The molecule has 2 rings (SSSR count). The molecule has 1 atom stereocenters. The molecule has 0 aliphatic heterocycles. The number of methoxy groups -OCH3 is 1. The summed E-state index contributed by atoms with van der Waals surface area (Å²) in [5.74, 6) is 1.87. The molecule has 0 radical (unpaired) electrons. The third kappa shape index (κ3) is 3.90. The first-order valence-corrected chi connectivity index (χ1v) is 7.30. The van der Waals surface area contributed by atoms with Gasteiger partial charge in [-0.25, -0.2) is 0 Å². The normalized spacial score (nSPS) is 11.8. The maximum absolute atomic E-state index is 5.16. The van der Waals surface area contributed by atoms with E-state index in [2.05, 4.69) is 43.0 Å². The van der Waals surface area contributed by atoms with Crippen LogP contribution in [0, 0.1) is 0 Å². The summed E-state index contributed by atoms with van der Waals surface area (Å²) >= 11 is 1.88. The highest BCUT2D eigenvalue weighted by molar-refractivity contribution is 7.98. The van der Waals surface area contributed by atoms with Crippen LogP contribution in [0.2, 0.25) is 0 Å². The lowest BCUT2D eigenvalue weighted by Gasteiger charge is -2.12. The third-order valence-corrected chi connectivity index (χ3v) is 4.25. The van der Waals surface area contributed by atoms with Gasteiger partial charge in [-0.3, -0.25) is 0 Å². The van der Waals surface area contributed by atoms with Gasteiger partial charge >= 0.3 is 0 Å². The average molecular weight is 270 g/mol. The quantitative estimate of drug-likeness (QED) is 0.693. The Morgan fingerprint density at radius 1 is 1.11 bits per heavy atom. The lowest BCUT2D eigenvalue weighted by Crippen LogP contribution is -1.91. The summed E-state index contributed by atoms with van der Waals surface area (Å²) in [7, 11) is 1.69. The average Bonchev–Trinajstić information content (AvgIpc) is 2.49. The molecule has 0 amide bonds. The molecule has 0 aliphatic carbocycles. The van der Waals surface area contributed by atoms with Gasteiger partial charge in [-0.15, -0.1) is 18.3 Å². The first-order valence-electron chi connectivity index (χ1n) is 6.25. The van der Waals surface area contributed by atoms with Crippen molar-refractivity contribution in [3.63, 3.8) is 0 Å². The molecule has 0 saturated carbocycles. The van der Waals surface area contributed by atoms with Gasteiger partial charge in [0, 0.05) is 11.0 Å². The third-order valence-electron chi connectivity index (χ3n) is 2.93. The predicted octanol–water partition coefficient (Wildman–Crippen LogP) is 4.86. The Bertz CT molecular complexity index is 505. The van der Waals surface area contributed by atoms with E-state index in [1.54, 1.807) is 7.11 Å². The van der Waals surface area contributed by atoms with Gasteiger partial charge in [-0.1, -0.05) is 48.5 Å². The fourth-order valence-corrected chi connectivity index (χ4v) is 2.90. The molecule has 0 N–H and O–H groups in total. The van der Waals surface area contributed by atoms with E-state index in [-0.39, 0.29) is 0 Å². The second kappa shape index (κ2) is 7.05. The Labute approximate surface area is 119 Å². The summed E-state index contributed by atoms with van der Waals surface area (Å²) in [4.78, 5) is 0. The number of hydrogen-bond donors (Lipinski definition) is 0. The van der Waals surface area contributed by atoms with Crippen molar-refractivity contribution in [3.8, 4) is 5.75 Å². The molecule has 19 heavy (non-hydrogen) atoms. The van der Waals surface area contributed by atoms with E-state index in [4.69, 9.17) is 4.74 Å². The first-order chi connectivity index (χ1) is 9.33. The number of rotatable bonds is 6. The van der Waals surface area contributed by atoms with Gasteiger partial charge < -0.3 is 4.74 Å². The fourth-order valence-electron chi connectivity index (χ4n) is 1.85. The number of thioether (sulfide) groups is 1. The Hall–Kier alpha value is -1.67. The molecule has 0 saturated heterocycles. The molecule has 2 aromatic rings. The summed E-state index contributed by atoms with van der Waals surface area (Å²) in [6.45, 7) is 3.94. The lowest BCUT2D eigenvalue weighted by molar-refractivity contribution is 0.414. The molecular formula is C17H18OS. The molecule has 0 fully saturated rings. The van der Waals surface area contributed by atoms with Crippen molar-refractivity contribution in [2.24, 2.45) is 0 Å². The zero-order valence-corrected chi connectivity index (χ0v) is 11.9. The van der Waals surface area contributed by atoms with Crippen LogP contribution in [0.25, 0.3) is 0 Å². The maximum Gasteiger partial charge on any atom is 0.118 e. The van der Waals surface area contributed by atoms with Crippen LogP contribution in [0.3, 0.4) is 0 Å². The number of benzene rings is 2. The van der Waals surface area contributed by atoms with Crippen molar-refractivity contribution >= 4 is 11.8 Å². The highest BCUT2D eigenvalue weighted by atomic mass is 32.2. The van der Waals surface area contributed by atoms with Crippen molar-refractivity contribution in [3.05, 3.63) is 78.4 Å². The molecule has 0 heterocycles. The van der Waals surface area contributed by atoms with Crippen molar-refractivity contribution in [1.29, 1.82) is 0 Å². The van der Waals surface area contributed by atoms with E-state index >= 15 is 0 Å². The number of hydrogen-bond acceptors (Lipinski definition) is 2. The molecule has 2 aromatic carbocycles. The van der Waals surface area contributed by atoms with Gasteiger partial charge in [-0.05, 0) is 23.3 Å². The van der Waals surface area contributed by atoms with Crippen molar-refractivity contribution < 1.29 is 4.74 Å². The minimum atomic E-state index is 0.336. The SMILES string of the molecule is C=C[C@H](SCc1ccc(OC)cc1)c1ccccc1. The molecule has 0 unspecified atom stereocenters. The van der Waals surface area contributed by atoms with Crippen LogP contribution in [-0.4, -0.2) is 7.11 Å². The van der Waals surface area contributed by atoms with E-state index in [1.807, 2.05) is 36.0 Å². The van der Waals surface area contributed by atoms with Crippen LogP contribution < -0.4 is 4.74 Å². The van der Waals surface area contributed by atoms with Crippen molar-refractivity contribution in [1.82, 2.24) is 0 Å². The fraction of sp³-hybridized carbons (Fsp3) is 0.176. The van der Waals surface area contributed by atoms with Crippen LogP contribution in [0.15, 0.2) is 67.3 Å². The number of ether oxygens (including phenoxy) is 1. The second-order valence-corrected chi connectivity index (χ2v) is 5.36. The Morgan fingerprint density at radius 2 is 1.79 bits per heavy atom. The van der Waals surface area contributed by atoms with E-state index < -0.39 is 0 Å². The monoisotopic (exact) mass is 270 g/mol. The van der Waals surface area contributed by atoms with E-state index in [0.717, 1.165) is 11.5 Å². The van der Waals surface area contributed by atoms with Gasteiger partial charge in [0.1, 0.15) is 5.75 Å². The van der Waals surface area contributed by atoms with Gasteiger partial charge in [0.25, 0.3) is 0 Å². The summed E-state index contributed by atoms with van der Waals surface area (Å²) in [5.41, 5.74) is 2.60. The smallest absolute Gasteiger partial charge is 0.118 e. The molecule has 0 spiro atoms. The standard InChI is InChI=1S/C17H18OS/c1-3-17(15-7-5-4-6-8-15)19-13-14-9-11-16(18-2)12-10-14/h3-12,17H,1,13H2,2H3/t17-/m0/s1. The zero-order chi connectivity index (χ0) is 13.5. The largest absolute Gasteiger partial charge is 0.497 e. The Balaban J connectivity index is 1.98. The van der Waals surface area contributed by atoms with Crippen molar-refractivity contribution in [2.75, 3.05) is 7.11 Å². The van der Waals surface area contributed by atoms with E-state index in [0.29, 0.717) is 5.25 Å². The van der Waals surface area contributed by atoms with Crippen LogP contribution in [-0.2, 0) is 5.75 Å². The molecule has 2 heteroatoms. The minimum absolute atomic E-state index is 0.336. The molecule has 98 valence electrons. The minimum Gasteiger partial charge on any atom is -0.497 e. The first kappa shape index (κ1) is 13.8. The highest BCUT2D eigenvalue weighted by Crippen LogP contribution is 2.32. The van der Waals surface area contributed by atoms with Gasteiger partial charge in [-0.2, -0.15) is 0 Å². The summed E-state index contributed by atoms with van der Waals surface area (Å²) in [6.07, 6.45) is 2.00. The molecule has 0 aromatic heterocycles. The topological polar surface area (TPSA) is 9.23 Å². The molecule has 0 bridgehead atoms. The Morgan fingerprint density at radius 3 is 2.37 bits per heavy atom. The summed E-state index contributed by atoms with van der Waals surface area (Å²) < 4.78 is 5.16. The highest BCUT2D eigenvalue weighted by Gasteiger charge is 2.07.